The van der Waals surface area contributed by atoms with E-state index in [1.165, 1.54) is 13.2 Å². The molecule has 24 heavy (non-hydrogen) atoms. The highest BCUT2D eigenvalue weighted by Gasteiger charge is 2.32. The Bertz CT molecular complexity index is 498. The minimum absolute atomic E-state index is 0. The van der Waals surface area contributed by atoms with E-state index in [1.54, 1.807) is 12.1 Å². The lowest BCUT2D eigenvalue weighted by molar-refractivity contribution is -0.138. The van der Waals surface area contributed by atoms with Crippen LogP contribution in [0.4, 0.5) is 13.2 Å². The third-order valence-electron chi connectivity index (χ3n) is 3.89. The van der Waals surface area contributed by atoms with Crippen molar-refractivity contribution in [2.75, 3.05) is 33.3 Å². The summed E-state index contributed by atoms with van der Waals surface area (Å²) in [6.07, 6.45) is -5.16. The summed E-state index contributed by atoms with van der Waals surface area (Å²) in [4.78, 5) is 1.98. The summed E-state index contributed by atoms with van der Waals surface area (Å²) in [5, 5.41) is 13.3. The number of aromatic hydroxyl groups is 1. The average Bonchev–Trinajstić information content (AvgIpc) is 2.49. The molecular weight excluding hydrogens is 368 g/mol. The van der Waals surface area contributed by atoms with Crippen molar-refractivity contribution in [2.24, 2.45) is 0 Å². The molecule has 4 nitrogen and oxygen atoms in total. The molecule has 0 unspecified atom stereocenters. The van der Waals surface area contributed by atoms with Crippen molar-refractivity contribution in [2.45, 2.75) is 25.1 Å². The van der Waals surface area contributed by atoms with Gasteiger partial charge in [-0.25, -0.2) is 0 Å². The summed E-state index contributed by atoms with van der Waals surface area (Å²) in [6.45, 7) is 2.76. The van der Waals surface area contributed by atoms with E-state index in [9.17, 15) is 18.3 Å². The molecule has 1 aliphatic rings. The van der Waals surface area contributed by atoms with E-state index < -0.39 is 18.6 Å². The summed E-state index contributed by atoms with van der Waals surface area (Å²) in [5.41, 5.74) is 0.491. The Hall–Kier alpha value is -0.890. The number of ether oxygens (including phenoxy) is 1. The highest BCUT2D eigenvalue weighted by atomic mass is 35.5. The van der Waals surface area contributed by atoms with Gasteiger partial charge < -0.3 is 15.2 Å². The van der Waals surface area contributed by atoms with Crippen LogP contribution in [0.15, 0.2) is 18.2 Å². The number of halogens is 5. The fourth-order valence-electron chi connectivity index (χ4n) is 2.76. The predicted molar refractivity (Wildman–Crippen MR) is 91.6 cm³/mol. The number of benzene rings is 1. The Balaban J connectivity index is 0.00000264. The molecular formula is C15H23Cl2F3N2O2. The van der Waals surface area contributed by atoms with Crippen LogP contribution in [0.5, 0.6) is 11.5 Å². The van der Waals surface area contributed by atoms with Crippen LogP contribution in [0.2, 0.25) is 0 Å². The Labute approximate surface area is 152 Å². The van der Waals surface area contributed by atoms with Gasteiger partial charge in [-0.05, 0) is 24.6 Å². The first-order valence-electron chi connectivity index (χ1n) is 7.29. The van der Waals surface area contributed by atoms with Gasteiger partial charge in [0.05, 0.1) is 7.11 Å². The number of nitrogens with one attached hydrogen (secondary N) is 1. The van der Waals surface area contributed by atoms with Gasteiger partial charge in [0, 0.05) is 44.2 Å². The number of phenolic OH excluding ortho intramolecular Hbond substituents is 1. The van der Waals surface area contributed by atoms with Crippen molar-refractivity contribution in [1.82, 2.24) is 10.2 Å². The van der Waals surface area contributed by atoms with E-state index in [0.717, 1.165) is 13.1 Å². The van der Waals surface area contributed by atoms with Crippen molar-refractivity contribution >= 4 is 24.8 Å². The zero-order chi connectivity index (χ0) is 16.2. The van der Waals surface area contributed by atoms with Crippen LogP contribution in [0.1, 0.15) is 24.4 Å². The zero-order valence-corrected chi connectivity index (χ0v) is 14.9. The van der Waals surface area contributed by atoms with E-state index in [1.807, 2.05) is 4.90 Å². The second kappa shape index (κ2) is 10.2. The van der Waals surface area contributed by atoms with Crippen LogP contribution in [0, 0.1) is 0 Å². The Morgan fingerprint density at radius 2 is 1.88 bits per heavy atom. The summed E-state index contributed by atoms with van der Waals surface area (Å²) in [7, 11) is 1.49. The van der Waals surface area contributed by atoms with Crippen LogP contribution in [0.3, 0.4) is 0 Å². The van der Waals surface area contributed by atoms with Gasteiger partial charge in [-0.1, -0.05) is 0 Å². The fraction of sp³-hybridized carbons (Fsp3) is 0.600. The Morgan fingerprint density at radius 3 is 2.42 bits per heavy atom. The number of alkyl halides is 3. The topological polar surface area (TPSA) is 44.7 Å². The van der Waals surface area contributed by atoms with Crippen molar-refractivity contribution in [3.8, 4) is 11.5 Å². The second-order valence-corrected chi connectivity index (χ2v) is 5.38. The van der Waals surface area contributed by atoms with Gasteiger partial charge >= 0.3 is 6.18 Å². The van der Waals surface area contributed by atoms with Gasteiger partial charge in [0.2, 0.25) is 0 Å². The molecule has 1 aliphatic heterocycles. The van der Waals surface area contributed by atoms with E-state index in [4.69, 9.17) is 4.74 Å². The predicted octanol–water partition coefficient (Wildman–Crippen LogP) is 3.53. The number of methoxy groups -OCH3 is 1. The monoisotopic (exact) mass is 390 g/mol. The summed E-state index contributed by atoms with van der Waals surface area (Å²) in [6, 6.07) is 4.21. The molecule has 2 rings (SSSR count). The van der Waals surface area contributed by atoms with Crippen LogP contribution in [-0.4, -0.2) is 49.5 Å². The van der Waals surface area contributed by atoms with Crippen molar-refractivity contribution in [3.05, 3.63) is 23.8 Å². The van der Waals surface area contributed by atoms with Crippen LogP contribution in [-0.2, 0) is 0 Å². The minimum Gasteiger partial charge on any atom is -0.508 e. The maximum atomic E-state index is 12.6. The van der Waals surface area contributed by atoms with Crippen molar-refractivity contribution in [3.63, 3.8) is 0 Å². The van der Waals surface area contributed by atoms with E-state index in [-0.39, 0.29) is 37.0 Å². The van der Waals surface area contributed by atoms with Gasteiger partial charge in [-0.3, -0.25) is 4.90 Å². The minimum atomic E-state index is -4.21. The van der Waals surface area contributed by atoms with Gasteiger partial charge in [-0.15, -0.1) is 24.8 Å². The molecule has 1 aromatic rings. The van der Waals surface area contributed by atoms with Crippen LogP contribution >= 0.6 is 24.8 Å². The Morgan fingerprint density at radius 1 is 1.25 bits per heavy atom. The lowest BCUT2D eigenvalue weighted by Gasteiger charge is -2.35. The lowest BCUT2D eigenvalue weighted by Crippen LogP contribution is -2.45. The largest absolute Gasteiger partial charge is 0.508 e. The average molecular weight is 391 g/mol. The Kier molecular flexibility index (Phi) is 9.80. The quantitative estimate of drug-likeness (QED) is 0.806. The fourth-order valence-corrected chi connectivity index (χ4v) is 2.76. The standard InChI is InChI=1S/C15H21F3N2O2.2ClH/c1-22-11-2-3-14(21)12(10-11)13(4-5-15(16,17)18)20-8-6-19-7-9-20;;/h2-3,10,13,19,21H,4-9H2,1H3;2*1H/t13-;;/m1../s1. The van der Waals surface area contributed by atoms with Gasteiger partial charge in [0.15, 0.2) is 0 Å². The van der Waals surface area contributed by atoms with Gasteiger partial charge in [0.25, 0.3) is 0 Å². The molecule has 0 radical (unpaired) electrons. The van der Waals surface area contributed by atoms with Crippen molar-refractivity contribution in [1.29, 1.82) is 0 Å². The zero-order valence-electron chi connectivity index (χ0n) is 13.3. The molecule has 1 heterocycles. The molecule has 0 aromatic heterocycles. The molecule has 140 valence electrons. The molecule has 1 saturated heterocycles. The number of piperazine rings is 1. The first-order chi connectivity index (χ1) is 10.4. The van der Waals surface area contributed by atoms with Gasteiger partial charge in [-0.2, -0.15) is 13.2 Å². The number of hydrogen-bond donors (Lipinski definition) is 2. The number of hydrogen-bond acceptors (Lipinski definition) is 4. The molecule has 0 spiro atoms. The van der Waals surface area contributed by atoms with E-state index >= 15 is 0 Å². The maximum Gasteiger partial charge on any atom is 0.389 e. The molecule has 2 N–H and O–H groups in total. The second-order valence-electron chi connectivity index (χ2n) is 5.38. The normalized spacial score (nSPS) is 16.7. The smallest absolute Gasteiger partial charge is 0.389 e. The van der Waals surface area contributed by atoms with Crippen LogP contribution < -0.4 is 10.1 Å². The third-order valence-corrected chi connectivity index (χ3v) is 3.89. The lowest BCUT2D eigenvalue weighted by atomic mass is 9.98. The molecule has 1 fully saturated rings. The van der Waals surface area contributed by atoms with Crippen molar-refractivity contribution < 1.29 is 23.0 Å². The number of rotatable bonds is 5. The number of phenols is 1. The highest BCUT2D eigenvalue weighted by molar-refractivity contribution is 5.85. The molecule has 0 bridgehead atoms. The first-order valence-corrected chi connectivity index (χ1v) is 7.29. The van der Waals surface area contributed by atoms with Crippen LogP contribution in [0.25, 0.3) is 0 Å². The third kappa shape index (κ3) is 6.55. The van der Waals surface area contributed by atoms with Gasteiger partial charge in [0.1, 0.15) is 11.5 Å². The molecule has 0 aliphatic carbocycles. The molecule has 0 amide bonds. The molecule has 1 aromatic carbocycles. The summed E-state index contributed by atoms with van der Waals surface area (Å²) < 4.78 is 43.0. The van der Waals surface area contributed by atoms with E-state index in [2.05, 4.69) is 5.32 Å². The maximum absolute atomic E-state index is 12.6. The molecule has 9 heteroatoms. The van der Waals surface area contributed by atoms with E-state index in [0.29, 0.717) is 24.4 Å². The highest BCUT2D eigenvalue weighted by Crippen LogP contribution is 2.37. The SMILES string of the molecule is COc1ccc(O)c([C@@H](CCC(F)(F)F)N2CCNCC2)c1.Cl.Cl. The first kappa shape index (κ1) is 23.1. The molecule has 1 atom stereocenters. The number of nitrogens with zero attached hydrogens (tertiary/aromatic N) is 1. The summed E-state index contributed by atoms with van der Waals surface area (Å²) in [5.74, 6) is 0.534. The summed E-state index contributed by atoms with van der Waals surface area (Å²) >= 11 is 0. The molecule has 0 saturated carbocycles.